The summed E-state index contributed by atoms with van der Waals surface area (Å²) in [4.78, 5) is 2.31. The van der Waals surface area contributed by atoms with Crippen molar-refractivity contribution in [2.45, 2.75) is 47.0 Å². The van der Waals surface area contributed by atoms with Crippen LogP contribution in [0.25, 0.3) is 73.6 Å². The monoisotopic (exact) mass is 764 g/mol. The summed E-state index contributed by atoms with van der Waals surface area (Å²) in [5.74, 6) is 0. The lowest BCUT2D eigenvalue weighted by Gasteiger charge is -2.23. The first-order chi connectivity index (χ1) is 29.1. The van der Waals surface area contributed by atoms with Crippen molar-refractivity contribution in [3.05, 3.63) is 196 Å². The Morgan fingerprint density at radius 2 is 1.34 bits per heavy atom. The molecule has 4 heteroatoms. The van der Waals surface area contributed by atoms with Gasteiger partial charge < -0.3 is 18.6 Å². The van der Waals surface area contributed by atoms with Gasteiger partial charge in [-0.05, 0) is 111 Å². The first-order valence-corrected chi connectivity index (χ1v) is 21.0. The normalized spacial score (nSPS) is 14.5. The summed E-state index contributed by atoms with van der Waals surface area (Å²) >= 11 is 0. The summed E-state index contributed by atoms with van der Waals surface area (Å²) in [6.07, 6.45) is 16.8. The second-order valence-corrected chi connectivity index (χ2v) is 15.5. The molecule has 0 saturated carbocycles. The van der Waals surface area contributed by atoms with E-state index in [2.05, 4.69) is 223 Å². The maximum absolute atomic E-state index is 4.06. The van der Waals surface area contributed by atoms with Crippen molar-refractivity contribution in [3.63, 3.8) is 0 Å². The second kappa shape index (κ2) is 14.7. The van der Waals surface area contributed by atoms with E-state index in [1.807, 2.05) is 0 Å². The number of fused-ring (bicyclic) bond motifs is 5. The molecule has 8 aromatic rings. The van der Waals surface area contributed by atoms with Gasteiger partial charge in [-0.2, -0.15) is 0 Å². The van der Waals surface area contributed by atoms with Crippen molar-refractivity contribution in [3.8, 4) is 11.4 Å². The van der Waals surface area contributed by atoms with Crippen molar-refractivity contribution >= 4 is 67.9 Å². The molecular formula is C55H48N4. The molecule has 0 spiro atoms. The predicted molar refractivity (Wildman–Crippen MR) is 252 cm³/mol. The van der Waals surface area contributed by atoms with E-state index in [1.54, 1.807) is 0 Å². The Hall–Kier alpha value is -7.00. The highest BCUT2D eigenvalue weighted by atomic mass is 15.1. The molecule has 2 aliphatic carbocycles. The molecule has 0 radical (unpaired) electrons. The van der Waals surface area contributed by atoms with E-state index in [4.69, 9.17) is 0 Å². The minimum atomic E-state index is 0.894. The van der Waals surface area contributed by atoms with Crippen LogP contribution in [0.2, 0.25) is 0 Å². The van der Waals surface area contributed by atoms with E-state index in [9.17, 15) is 0 Å². The van der Waals surface area contributed by atoms with Gasteiger partial charge in [0.1, 0.15) is 0 Å². The van der Waals surface area contributed by atoms with Crippen molar-refractivity contribution in [1.82, 2.24) is 13.7 Å². The minimum absolute atomic E-state index is 0.894. The number of likely N-dealkylation sites (N-methyl/N-ethyl adjacent to an activating group) is 1. The number of allylic oxidation sites excluding steroid dienone is 4. The first kappa shape index (κ1) is 36.3. The number of hydrogen-bond acceptors (Lipinski definition) is 1. The molecule has 0 fully saturated rings. The SMILES string of the molecule is C/C=C\c1c(CC)c2c(n1-c1ccccc1)C(C1=CC(n3c(=C/CC)/c(=C\C)c4cc5c6ccccc6n(-c6ccccc6)c5cc43)=C=C1N(C)c1ccccc1)=CC2. The molecule has 0 aliphatic heterocycles. The first-order valence-electron chi connectivity index (χ1n) is 21.0. The van der Waals surface area contributed by atoms with Gasteiger partial charge in [0, 0.05) is 62.3 Å². The Balaban J connectivity index is 1.28. The van der Waals surface area contributed by atoms with E-state index in [1.165, 1.54) is 82.6 Å². The molecule has 2 aliphatic rings. The largest absolute Gasteiger partial charge is 0.338 e. The van der Waals surface area contributed by atoms with E-state index < -0.39 is 0 Å². The minimum Gasteiger partial charge on any atom is -0.338 e. The molecule has 59 heavy (non-hydrogen) atoms. The summed E-state index contributed by atoms with van der Waals surface area (Å²) < 4.78 is 7.39. The molecule has 5 aromatic carbocycles. The quantitative estimate of drug-likeness (QED) is 0.134. The molecular weight excluding hydrogens is 717 g/mol. The van der Waals surface area contributed by atoms with Crippen LogP contribution in [-0.4, -0.2) is 20.7 Å². The summed E-state index contributed by atoms with van der Waals surface area (Å²) in [7, 11) is 2.18. The number of nitrogens with zero attached hydrogens (tertiary/aromatic N) is 4. The van der Waals surface area contributed by atoms with Crippen molar-refractivity contribution < 1.29 is 0 Å². The molecule has 4 nitrogen and oxygen atoms in total. The number of hydrogen-bond donors (Lipinski definition) is 0. The van der Waals surface area contributed by atoms with Crippen LogP contribution in [0.1, 0.15) is 56.6 Å². The van der Waals surface area contributed by atoms with Crippen LogP contribution in [0, 0.1) is 0 Å². The molecule has 0 atom stereocenters. The van der Waals surface area contributed by atoms with Crippen LogP contribution >= 0.6 is 0 Å². The average Bonchev–Trinajstić information content (AvgIpc) is 4.09. The van der Waals surface area contributed by atoms with E-state index in [0.29, 0.717) is 0 Å². The Morgan fingerprint density at radius 1 is 0.678 bits per heavy atom. The van der Waals surface area contributed by atoms with Gasteiger partial charge in [-0.15, -0.1) is 0 Å². The standard InChI is InChI=1S/C55H48N4/c1-6-21-49-42(9-4)47-35-48-43-29-19-20-30-51(43)57(38-25-15-11-16-26-38)54(48)36-53(47)58(49)40-33-46(52(34-40)56(5)37-23-13-10-14-24-37)45-32-31-44-41(8-3)50(22-7-2)59(55(44)45)39-27-17-12-18-28-39/h7,9-30,32-33,35-36H,6,8,31H2,1-5H3/b22-7-,42-9-,49-21+. The average molecular weight is 765 g/mol. The zero-order chi connectivity index (χ0) is 40.2. The van der Waals surface area contributed by atoms with Crippen LogP contribution < -0.4 is 15.5 Å². The second-order valence-electron chi connectivity index (χ2n) is 15.5. The highest BCUT2D eigenvalue weighted by Crippen LogP contribution is 2.45. The van der Waals surface area contributed by atoms with E-state index in [0.717, 1.165) is 42.0 Å². The van der Waals surface area contributed by atoms with Gasteiger partial charge >= 0.3 is 0 Å². The number of aromatic nitrogens is 3. The third kappa shape index (κ3) is 5.67. The summed E-state index contributed by atoms with van der Waals surface area (Å²) in [6.45, 7) is 8.82. The van der Waals surface area contributed by atoms with Gasteiger partial charge in [0.25, 0.3) is 0 Å². The van der Waals surface area contributed by atoms with Gasteiger partial charge in [0.05, 0.1) is 39.0 Å². The highest BCUT2D eigenvalue weighted by molar-refractivity contribution is 6.14. The predicted octanol–water partition coefficient (Wildman–Crippen LogP) is 12.2. The molecule has 0 N–H and O–H groups in total. The lowest BCUT2D eigenvalue weighted by atomic mass is 10.0. The lowest BCUT2D eigenvalue weighted by molar-refractivity contribution is 1.02. The molecule has 0 unspecified atom stereocenters. The van der Waals surface area contributed by atoms with Gasteiger partial charge in [-0.25, -0.2) is 0 Å². The van der Waals surface area contributed by atoms with Gasteiger partial charge in [0.15, 0.2) is 0 Å². The molecule has 0 amide bonds. The topological polar surface area (TPSA) is 18.0 Å². The maximum Gasteiger partial charge on any atom is 0.0944 e. The Kier molecular flexibility index (Phi) is 9.08. The molecule has 3 heterocycles. The van der Waals surface area contributed by atoms with Crippen LogP contribution in [0.3, 0.4) is 0 Å². The third-order valence-corrected chi connectivity index (χ3v) is 12.2. The molecule has 288 valence electrons. The van der Waals surface area contributed by atoms with Crippen molar-refractivity contribution in [2.24, 2.45) is 0 Å². The third-order valence-electron chi connectivity index (χ3n) is 12.2. The number of para-hydroxylation sites is 4. The summed E-state index contributed by atoms with van der Waals surface area (Å²) in [5.41, 5.74) is 21.0. The maximum atomic E-state index is 4.06. The Morgan fingerprint density at radius 3 is 2.02 bits per heavy atom. The van der Waals surface area contributed by atoms with Crippen LogP contribution in [0.5, 0.6) is 0 Å². The highest BCUT2D eigenvalue weighted by Gasteiger charge is 2.33. The molecule has 10 rings (SSSR count). The van der Waals surface area contributed by atoms with Gasteiger partial charge in [-0.3, -0.25) is 0 Å². The summed E-state index contributed by atoms with van der Waals surface area (Å²) in [6, 6.07) is 46.0. The van der Waals surface area contributed by atoms with Gasteiger partial charge in [0.2, 0.25) is 0 Å². The number of benzene rings is 5. The van der Waals surface area contributed by atoms with E-state index >= 15 is 0 Å². The zero-order valence-corrected chi connectivity index (χ0v) is 34.5. The molecule has 0 bridgehead atoms. The summed E-state index contributed by atoms with van der Waals surface area (Å²) in [5, 5.41) is 6.21. The smallest absolute Gasteiger partial charge is 0.0944 e. The molecule has 3 aromatic heterocycles. The fourth-order valence-corrected chi connectivity index (χ4v) is 9.71. The van der Waals surface area contributed by atoms with Crippen LogP contribution in [-0.2, 0) is 12.8 Å². The van der Waals surface area contributed by atoms with E-state index in [-0.39, 0.29) is 0 Å². The Labute approximate surface area is 346 Å². The number of anilines is 1. The zero-order valence-electron chi connectivity index (χ0n) is 34.5. The van der Waals surface area contributed by atoms with Crippen LogP contribution in [0.4, 0.5) is 5.69 Å². The van der Waals surface area contributed by atoms with Gasteiger partial charge in [-0.1, -0.05) is 117 Å². The fourth-order valence-electron chi connectivity index (χ4n) is 9.71. The fraction of sp³-hybridized carbons (Fsp3) is 0.145. The number of rotatable bonds is 9. The Bertz CT molecular complexity index is 3250. The molecule has 0 saturated heterocycles. The van der Waals surface area contributed by atoms with Crippen molar-refractivity contribution in [1.29, 1.82) is 0 Å². The van der Waals surface area contributed by atoms with Crippen molar-refractivity contribution in [2.75, 3.05) is 11.9 Å². The van der Waals surface area contributed by atoms with Crippen LogP contribution in [0.15, 0.2) is 163 Å². The lowest BCUT2D eigenvalue weighted by Crippen LogP contribution is -2.28.